The lowest BCUT2D eigenvalue weighted by Crippen LogP contribution is -2.31. The fraction of sp³-hybridized carbons (Fsp3) is 0.261. The molecule has 6 heteroatoms. The maximum Gasteiger partial charge on any atom is 0.238 e. The first-order valence-corrected chi connectivity index (χ1v) is 9.52. The molecular formula is C23H21NO5. The van der Waals surface area contributed by atoms with Gasteiger partial charge in [-0.25, -0.2) is 4.90 Å². The number of hydrogen-bond donors (Lipinski definition) is 0. The van der Waals surface area contributed by atoms with E-state index >= 15 is 0 Å². The largest absolute Gasteiger partial charge is 0.497 e. The van der Waals surface area contributed by atoms with Gasteiger partial charge in [0.15, 0.2) is 12.4 Å². The molecule has 0 unspecified atom stereocenters. The van der Waals surface area contributed by atoms with Crippen LogP contribution in [-0.4, -0.2) is 31.3 Å². The average Bonchev–Trinajstić information content (AvgIpc) is 3.02. The molecule has 148 valence electrons. The van der Waals surface area contributed by atoms with Crippen molar-refractivity contribution in [2.45, 2.75) is 12.8 Å². The number of fused-ring (bicyclic) bond motifs is 1. The van der Waals surface area contributed by atoms with E-state index in [1.165, 1.54) is 4.90 Å². The normalized spacial score (nSPS) is 20.5. The number of methoxy groups -OCH3 is 1. The van der Waals surface area contributed by atoms with Crippen molar-refractivity contribution in [2.75, 3.05) is 18.6 Å². The summed E-state index contributed by atoms with van der Waals surface area (Å²) in [6.45, 7) is -0.200. The van der Waals surface area contributed by atoms with Crippen LogP contribution in [0.4, 0.5) is 5.69 Å². The van der Waals surface area contributed by atoms with Crippen LogP contribution in [0, 0.1) is 11.8 Å². The summed E-state index contributed by atoms with van der Waals surface area (Å²) in [6, 6.07) is 13.6. The van der Waals surface area contributed by atoms with Gasteiger partial charge in [0.05, 0.1) is 24.6 Å². The van der Waals surface area contributed by atoms with Crippen LogP contribution in [0.3, 0.4) is 0 Å². The number of Topliss-reactive ketones (excluding diaryl/α,β-unsaturated/α-hetero) is 1. The topological polar surface area (TPSA) is 72.9 Å². The molecule has 0 saturated carbocycles. The number of imide groups is 1. The number of carbonyl (C=O) groups is 3. The summed E-state index contributed by atoms with van der Waals surface area (Å²) in [6.07, 6.45) is 5.05. The number of anilines is 1. The first kappa shape index (κ1) is 18.9. The zero-order valence-electron chi connectivity index (χ0n) is 16.0. The summed E-state index contributed by atoms with van der Waals surface area (Å²) in [5, 5.41) is 0. The summed E-state index contributed by atoms with van der Waals surface area (Å²) in [4.78, 5) is 39.4. The van der Waals surface area contributed by atoms with Crippen molar-refractivity contribution >= 4 is 23.3 Å². The van der Waals surface area contributed by atoms with Crippen molar-refractivity contribution in [3.8, 4) is 11.5 Å². The third-order valence-electron chi connectivity index (χ3n) is 5.38. The van der Waals surface area contributed by atoms with Crippen LogP contribution in [0.15, 0.2) is 60.7 Å². The highest BCUT2D eigenvalue weighted by molar-refractivity contribution is 6.22. The van der Waals surface area contributed by atoms with Crippen molar-refractivity contribution in [1.82, 2.24) is 0 Å². The molecule has 2 aliphatic rings. The molecule has 2 aromatic rings. The number of rotatable bonds is 6. The smallest absolute Gasteiger partial charge is 0.238 e. The van der Waals surface area contributed by atoms with Crippen molar-refractivity contribution in [2.24, 2.45) is 11.8 Å². The van der Waals surface area contributed by atoms with Crippen LogP contribution in [0.25, 0.3) is 0 Å². The van der Waals surface area contributed by atoms with Crippen LogP contribution >= 0.6 is 0 Å². The molecule has 0 N–H and O–H groups in total. The number of ether oxygens (including phenoxy) is 2. The van der Waals surface area contributed by atoms with Gasteiger partial charge < -0.3 is 9.47 Å². The SMILES string of the molecule is COc1ccc(C(=O)COc2ccccc2N2C(=O)[C@H]3CC=CC[C@H]3C2=O)cc1. The number of nitrogens with zero attached hydrogens (tertiary/aromatic N) is 1. The van der Waals surface area contributed by atoms with Gasteiger partial charge in [0.1, 0.15) is 11.5 Å². The van der Waals surface area contributed by atoms with Gasteiger partial charge in [0, 0.05) is 5.56 Å². The van der Waals surface area contributed by atoms with E-state index in [0.29, 0.717) is 35.6 Å². The number of benzene rings is 2. The van der Waals surface area contributed by atoms with Crippen LogP contribution in [-0.2, 0) is 9.59 Å². The highest BCUT2D eigenvalue weighted by Gasteiger charge is 2.48. The maximum atomic E-state index is 12.9. The summed E-state index contributed by atoms with van der Waals surface area (Å²) in [5.74, 6) is -0.261. The molecule has 2 amide bonds. The number of para-hydroxylation sites is 2. The molecule has 1 aliphatic carbocycles. The lowest BCUT2D eigenvalue weighted by Gasteiger charge is -2.19. The van der Waals surface area contributed by atoms with E-state index in [0.717, 1.165) is 0 Å². The molecule has 2 atom stereocenters. The molecule has 1 aliphatic heterocycles. The number of hydrogen-bond acceptors (Lipinski definition) is 5. The van der Waals surface area contributed by atoms with Crippen LogP contribution in [0.1, 0.15) is 23.2 Å². The van der Waals surface area contributed by atoms with Crippen molar-refractivity contribution in [3.05, 3.63) is 66.2 Å². The monoisotopic (exact) mass is 391 g/mol. The molecule has 0 radical (unpaired) electrons. The Morgan fingerprint density at radius 3 is 2.21 bits per heavy atom. The van der Waals surface area contributed by atoms with Gasteiger partial charge >= 0.3 is 0 Å². The molecule has 0 bridgehead atoms. The van der Waals surface area contributed by atoms with Gasteiger partial charge in [0.2, 0.25) is 11.8 Å². The molecule has 1 saturated heterocycles. The molecule has 1 fully saturated rings. The molecular weight excluding hydrogens is 370 g/mol. The first-order valence-electron chi connectivity index (χ1n) is 9.52. The minimum Gasteiger partial charge on any atom is -0.497 e. The highest BCUT2D eigenvalue weighted by Crippen LogP contribution is 2.40. The van der Waals surface area contributed by atoms with Crippen LogP contribution < -0.4 is 14.4 Å². The fourth-order valence-corrected chi connectivity index (χ4v) is 3.81. The number of allylic oxidation sites excluding steroid dienone is 2. The summed E-state index contributed by atoms with van der Waals surface area (Å²) in [5.41, 5.74) is 0.883. The Hall–Kier alpha value is -3.41. The van der Waals surface area contributed by atoms with E-state index in [1.807, 2.05) is 12.2 Å². The first-order chi connectivity index (χ1) is 14.1. The Balaban J connectivity index is 1.52. The third kappa shape index (κ3) is 3.53. The van der Waals surface area contributed by atoms with E-state index in [4.69, 9.17) is 9.47 Å². The van der Waals surface area contributed by atoms with Crippen molar-refractivity contribution < 1.29 is 23.9 Å². The van der Waals surface area contributed by atoms with Crippen molar-refractivity contribution in [3.63, 3.8) is 0 Å². The Labute approximate surface area is 168 Å². The Morgan fingerprint density at radius 1 is 0.966 bits per heavy atom. The Morgan fingerprint density at radius 2 is 1.59 bits per heavy atom. The Bertz CT molecular complexity index is 953. The zero-order valence-corrected chi connectivity index (χ0v) is 16.0. The summed E-state index contributed by atoms with van der Waals surface area (Å²) < 4.78 is 10.8. The second-order valence-electron chi connectivity index (χ2n) is 7.08. The fourth-order valence-electron chi connectivity index (χ4n) is 3.81. The highest BCUT2D eigenvalue weighted by atomic mass is 16.5. The van der Waals surface area contributed by atoms with E-state index < -0.39 is 0 Å². The summed E-state index contributed by atoms with van der Waals surface area (Å²) in [7, 11) is 1.56. The molecule has 0 aromatic heterocycles. The number of amides is 2. The molecule has 4 rings (SSSR count). The number of ketones is 1. The van der Waals surface area contributed by atoms with E-state index in [-0.39, 0.29) is 36.0 Å². The van der Waals surface area contributed by atoms with Gasteiger partial charge in [-0.05, 0) is 49.2 Å². The van der Waals surface area contributed by atoms with Crippen molar-refractivity contribution in [1.29, 1.82) is 0 Å². The van der Waals surface area contributed by atoms with Gasteiger partial charge in [-0.3, -0.25) is 14.4 Å². The molecule has 0 spiro atoms. The zero-order chi connectivity index (χ0) is 20.4. The minimum atomic E-state index is -0.318. The second kappa shape index (κ2) is 7.91. The molecule has 6 nitrogen and oxygen atoms in total. The quantitative estimate of drug-likeness (QED) is 0.429. The van der Waals surface area contributed by atoms with Crippen LogP contribution in [0.5, 0.6) is 11.5 Å². The number of carbonyl (C=O) groups excluding carboxylic acids is 3. The minimum absolute atomic E-state index is 0.200. The average molecular weight is 391 g/mol. The molecule has 2 aromatic carbocycles. The maximum absolute atomic E-state index is 12.9. The predicted molar refractivity (Wildman–Crippen MR) is 107 cm³/mol. The standard InChI is InChI=1S/C23H21NO5/c1-28-16-12-10-15(11-13-16)20(25)14-29-21-9-5-4-8-19(21)24-22(26)17-6-2-3-7-18(17)23(24)27/h2-5,8-13,17-18H,6-7,14H2,1H3/t17-,18+. The van der Waals surface area contributed by atoms with Crippen LogP contribution in [0.2, 0.25) is 0 Å². The van der Waals surface area contributed by atoms with Gasteiger partial charge in [0.25, 0.3) is 0 Å². The van der Waals surface area contributed by atoms with Gasteiger partial charge in [-0.15, -0.1) is 0 Å². The lowest BCUT2D eigenvalue weighted by atomic mass is 9.85. The Kier molecular flexibility index (Phi) is 5.16. The van der Waals surface area contributed by atoms with E-state index in [9.17, 15) is 14.4 Å². The predicted octanol–water partition coefficient (Wildman–Crippen LogP) is 3.41. The summed E-state index contributed by atoms with van der Waals surface area (Å²) >= 11 is 0. The third-order valence-corrected chi connectivity index (χ3v) is 5.38. The molecule has 1 heterocycles. The molecule has 29 heavy (non-hydrogen) atoms. The van der Waals surface area contributed by atoms with E-state index in [1.54, 1.807) is 55.6 Å². The lowest BCUT2D eigenvalue weighted by molar-refractivity contribution is -0.122. The van der Waals surface area contributed by atoms with Gasteiger partial charge in [-0.2, -0.15) is 0 Å². The van der Waals surface area contributed by atoms with E-state index in [2.05, 4.69) is 0 Å². The van der Waals surface area contributed by atoms with Gasteiger partial charge in [-0.1, -0.05) is 24.3 Å². The second-order valence-corrected chi connectivity index (χ2v) is 7.08.